The summed E-state index contributed by atoms with van der Waals surface area (Å²) in [6.45, 7) is 3.73. The molecule has 0 saturated heterocycles. The van der Waals surface area contributed by atoms with E-state index in [-0.39, 0.29) is 5.91 Å². The summed E-state index contributed by atoms with van der Waals surface area (Å²) in [7, 11) is 1.54. The Kier molecular flexibility index (Phi) is 4.25. The molecule has 0 atom stereocenters. The molecule has 5 heteroatoms. The van der Waals surface area contributed by atoms with Crippen LogP contribution in [0.2, 0.25) is 5.02 Å². The van der Waals surface area contributed by atoms with E-state index in [1.807, 2.05) is 13.8 Å². The van der Waals surface area contributed by atoms with Crippen molar-refractivity contribution in [2.75, 3.05) is 12.4 Å². The van der Waals surface area contributed by atoms with Gasteiger partial charge >= 0.3 is 0 Å². The minimum Gasteiger partial charge on any atom is -0.495 e. The first kappa shape index (κ1) is 14.3. The number of aromatic nitrogens is 1. The predicted molar refractivity (Wildman–Crippen MR) is 79.7 cm³/mol. The van der Waals surface area contributed by atoms with Gasteiger partial charge in [0.05, 0.1) is 12.8 Å². The van der Waals surface area contributed by atoms with E-state index in [4.69, 9.17) is 16.3 Å². The Balaban J connectivity index is 2.32. The Labute approximate surface area is 122 Å². The lowest BCUT2D eigenvalue weighted by Crippen LogP contribution is -2.15. The number of rotatable bonds is 3. The molecule has 1 amide bonds. The first-order valence-electron chi connectivity index (χ1n) is 6.10. The van der Waals surface area contributed by atoms with Crippen molar-refractivity contribution in [3.63, 3.8) is 0 Å². The number of methoxy groups -OCH3 is 1. The molecule has 2 aromatic rings. The topological polar surface area (TPSA) is 51.2 Å². The summed E-state index contributed by atoms with van der Waals surface area (Å²) >= 11 is 5.94. The van der Waals surface area contributed by atoms with Gasteiger partial charge in [-0.2, -0.15) is 0 Å². The molecule has 0 bridgehead atoms. The van der Waals surface area contributed by atoms with Crippen molar-refractivity contribution >= 4 is 23.2 Å². The van der Waals surface area contributed by atoms with Crippen LogP contribution >= 0.6 is 11.6 Å². The van der Waals surface area contributed by atoms with E-state index in [0.29, 0.717) is 22.0 Å². The number of amides is 1. The standard InChI is InChI=1S/C15H15ClN2O2/c1-9-10(2)17-7-6-12(9)15(19)18-13-8-11(16)4-5-14(13)20-3/h4-8H,1-3H3,(H,18,19). The van der Waals surface area contributed by atoms with Crippen LogP contribution < -0.4 is 10.1 Å². The quantitative estimate of drug-likeness (QED) is 0.939. The third-order valence-corrected chi connectivity index (χ3v) is 3.35. The van der Waals surface area contributed by atoms with Crippen molar-refractivity contribution in [1.82, 2.24) is 4.98 Å². The molecule has 20 heavy (non-hydrogen) atoms. The Hall–Kier alpha value is -2.07. The highest BCUT2D eigenvalue weighted by Gasteiger charge is 2.13. The van der Waals surface area contributed by atoms with Crippen LogP contribution in [-0.2, 0) is 0 Å². The Bertz CT molecular complexity index is 656. The zero-order chi connectivity index (χ0) is 14.7. The number of nitrogens with zero attached hydrogens (tertiary/aromatic N) is 1. The molecule has 1 aromatic carbocycles. The molecule has 0 fully saturated rings. The number of aryl methyl sites for hydroxylation is 1. The van der Waals surface area contributed by atoms with Gasteiger partial charge in [-0.25, -0.2) is 0 Å². The number of hydrogen-bond acceptors (Lipinski definition) is 3. The van der Waals surface area contributed by atoms with Crippen molar-refractivity contribution in [3.8, 4) is 5.75 Å². The van der Waals surface area contributed by atoms with Gasteiger partial charge in [-0.05, 0) is 43.7 Å². The maximum Gasteiger partial charge on any atom is 0.256 e. The molecule has 4 nitrogen and oxygen atoms in total. The van der Waals surface area contributed by atoms with Gasteiger partial charge in [0, 0.05) is 22.5 Å². The number of nitrogens with one attached hydrogen (secondary N) is 1. The molecule has 1 N–H and O–H groups in total. The summed E-state index contributed by atoms with van der Waals surface area (Å²) in [5, 5.41) is 3.34. The second-order valence-electron chi connectivity index (χ2n) is 4.37. The van der Waals surface area contributed by atoms with Gasteiger partial charge in [-0.1, -0.05) is 11.6 Å². The van der Waals surface area contributed by atoms with Crippen LogP contribution in [0, 0.1) is 13.8 Å². The molecular weight excluding hydrogens is 276 g/mol. The number of hydrogen-bond donors (Lipinski definition) is 1. The summed E-state index contributed by atoms with van der Waals surface area (Å²) < 4.78 is 5.21. The number of carbonyl (C=O) groups excluding carboxylic acids is 1. The smallest absolute Gasteiger partial charge is 0.256 e. The fraction of sp³-hybridized carbons (Fsp3) is 0.200. The lowest BCUT2D eigenvalue weighted by atomic mass is 10.1. The maximum absolute atomic E-state index is 12.3. The van der Waals surface area contributed by atoms with E-state index < -0.39 is 0 Å². The zero-order valence-electron chi connectivity index (χ0n) is 11.5. The van der Waals surface area contributed by atoms with E-state index in [2.05, 4.69) is 10.3 Å². The van der Waals surface area contributed by atoms with Crippen molar-refractivity contribution in [2.24, 2.45) is 0 Å². The number of ether oxygens (including phenoxy) is 1. The molecule has 0 spiro atoms. The van der Waals surface area contributed by atoms with Crippen LogP contribution in [0.25, 0.3) is 0 Å². The summed E-state index contributed by atoms with van der Waals surface area (Å²) in [5.74, 6) is 0.347. The van der Waals surface area contributed by atoms with Gasteiger partial charge in [0.1, 0.15) is 5.75 Å². The molecule has 0 aliphatic carbocycles. The molecule has 0 aliphatic rings. The number of halogens is 1. The Morgan fingerprint density at radius 1 is 1.30 bits per heavy atom. The van der Waals surface area contributed by atoms with Crippen LogP contribution in [0.15, 0.2) is 30.5 Å². The highest BCUT2D eigenvalue weighted by molar-refractivity contribution is 6.31. The fourth-order valence-electron chi connectivity index (χ4n) is 1.85. The van der Waals surface area contributed by atoms with Crippen molar-refractivity contribution in [3.05, 3.63) is 52.3 Å². The highest BCUT2D eigenvalue weighted by atomic mass is 35.5. The minimum atomic E-state index is -0.214. The second kappa shape index (κ2) is 5.92. The van der Waals surface area contributed by atoms with Crippen LogP contribution in [0.4, 0.5) is 5.69 Å². The number of carbonyl (C=O) groups is 1. The SMILES string of the molecule is COc1ccc(Cl)cc1NC(=O)c1ccnc(C)c1C. The van der Waals surface area contributed by atoms with E-state index >= 15 is 0 Å². The third-order valence-electron chi connectivity index (χ3n) is 3.11. The average Bonchev–Trinajstić information content (AvgIpc) is 2.42. The lowest BCUT2D eigenvalue weighted by molar-refractivity contribution is 0.102. The predicted octanol–water partition coefficient (Wildman–Crippen LogP) is 3.61. The molecule has 0 aliphatic heterocycles. The molecule has 0 unspecified atom stereocenters. The molecule has 0 saturated carbocycles. The van der Waals surface area contributed by atoms with Gasteiger partial charge in [0.2, 0.25) is 0 Å². The Morgan fingerprint density at radius 3 is 2.75 bits per heavy atom. The number of benzene rings is 1. The van der Waals surface area contributed by atoms with Gasteiger partial charge in [0.25, 0.3) is 5.91 Å². The summed E-state index contributed by atoms with van der Waals surface area (Å²) in [4.78, 5) is 16.5. The third kappa shape index (κ3) is 2.91. The van der Waals surface area contributed by atoms with Gasteiger partial charge in [0.15, 0.2) is 0 Å². The monoisotopic (exact) mass is 290 g/mol. The van der Waals surface area contributed by atoms with Crippen molar-refractivity contribution < 1.29 is 9.53 Å². The van der Waals surface area contributed by atoms with E-state index in [9.17, 15) is 4.79 Å². The van der Waals surface area contributed by atoms with E-state index in [0.717, 1.165) is 11.3 Å². The van der Waals surface area contributed by atoms with Crippen LogP contribution in [0.1, 0.15) is 21.6 Å². The van der Waals surface area contributed by atoms with Crippen LogP contribution in [0.5, 0.6) is 5.75 Å². The summed E-state index contributed by atoms with van der Waals surface area (Å²) in [6.07, 6.45) is 1.62. The second-order valence-corrected chi connectivity index (χ2v) is 4.80. The lowest BCUT2D eigenvalue weighted by Gasteiger charge is -2.12. The number of pyridine rings is 1. The summed E-state index contributed by atoms with van der Waals surface area (Å²) in [5.41, 5.74) is 2.81. The van der Waals surface area contributed by atoms with Gasteiger partial charge in [-0.3, -0.25) is 9.78 Å². The van der Waals surface area contributed by atoms with Gasteiger partial charge in [-0.15, -0.1) is 0 Å². The highest BCUT2D eigenvalue weighted by Crippen LogP contribution is 2.28. The van der Waals surface area contributed by atoms with Crippen LogP contribution in [0.3, 0.4) is 0 Å². The molecule has 1 aromatic heterocycles. The molecular formula is C15H15ClN2O2. The molecule has 104 valence electrons. The van der Waals surface area contributed by atoms with E-state index in [1.54, 1.807) is 37.6 Å². The molecule has 2 rings (SSSR count). The van der Waals surface area contributed by atoms with Gasteiger partial charge < -0.3 is 10.1 Å². The summed E-state index contributed by atoms with van der Waals surface area (Å²) in [6, 6.07) is 6.76. The van der Waals surface area contributed by atoms with Crippen molar-refractivity contribution in [1.29, 1.82) is 0 Å². The van der Waals surface area contributed by atoms with E-state index in [1.165, 1.54) is 0 Å². The van der Waals surface area contributed by atoms with Crippen LogP contribution in [-0.4, -0.2) is 18.0 Å². The van der Waals surface area contributed by atoms with Crippen molar-refractivity contribution in [2.45, 2.75) is 13.8 Å². The average molecular weight is 291 g/mol. The molecule has 1 heterocycles. The fourth-order valence-corrected chi connectivity index (χ4v) is 2.03. The molecule has 0 radical (unpaired) electrons. The minimum absolute atomic E-state index is 0.214. The number of anilines is 1. The largest absolute Gasteiger partial charge is 0.495 e. The zero-order valence-corrected chi connectivity index (χ0v) is 12.3. The normalized spacial score (nSPS) is 10.2. The first-order valence-corrected chi connectivity index (χ1v) is 6.48. The Morgan fingerprint density at radius 2 is 2.05 bits per heavy atom. The first-order chi connectivity index (χ1) is 9.52. The maximum atomic E-state index is 12.3.